The van der Waals surface area contributed by atoms with Crippen LogP contribution in [-0.2, 0) is 4.74 Å². The Morgan fingerprint density at radius 2 is 2.44 bits per heavy atom. The Morgan fingerprint density at radius 3 is 3.19 bits per heavy atom. The first kappa shape index (κ1) is 10.4. The second kappa shape index (κ2) is 4.18. The molecule has 2 aromatic rings. The highest BCUT2D eigenvalue weighted by Crippen LogP contribution is 2.11. The van der Waals surface area contributed by atoms with E-state index in [1.807, 2.05) is 6.92 Å². The lowest BCUT2D eigenvalue weighted by molar-refractivity contribution is -0.782. The van der Waals surface area contributed by atoms with E-state index < -0.39 is 5.97 Å². The van der Waals surface area contributed by atoms with Gasteiger partial charge in [-0.15, -0.1) is 0 Å². The molecule has 0 spiro atoms. The Balaban J connectivity index is 2.31. The number of aromatic nitrogens is 2. The molecule has 0 aliphatic heterocycles. The van der Waals surface area contributed by atoms with Gasteiger partial charge in [0.05, 0.1) is 12.2 Å². The van der Waals surface area contributed by atoms with Crippen LogP contribution in [0.2, 0.25) is 0 Å². The summed E-state index contributed by atoms with van der Waals surface area (Å²) < 4.78 is 9.33. The molecule has 0 amide bonds. The van der Waals surface area contributed by atoms with Crippen LogP contribution in [0.1, 0.15) is 23.7 Å². The highest BCUT2D eigenvalue weighted by molar-refractivity contribution is 5.92. The van der Waals surface area contributed by atoms with Gasteiger partial charge in [-0.25, -0.2) is 4.79 Å². The normalized spacial score (nSPS) is 10.6. The number of carbonyl (C=O) groups is 1. The number of rotatable bonds is 3. The van der Waals surface area contributed by atoms with Gasteiger partial charge in [-0.3, -0.25) is 4.63 Å². The third-order valence-corrected chi connectivity index (χ3v) is 2.06. The minimum Gasteiger partial charge on any atom is -0.462 e. The number of fused-ring (bicyclic) bond motifs is 1. The number of nitrogens with zero attached hydrogens (tertiary/aromatic N) is 2. The van der Waals surface area contributed by atoms with Crippen molar-refractivity contribution >= 4 is 17.0 Å². The van der Waals surface area contributed by atoms with Gasteiger partial charge >= 0.3 is 5.97 Å². The molecule has 0 N–H and O–H groups in total. The van der Waals surface area contributed by atoms with Crippen molar-refractivity contribution in [2.45, 2.75) is 13.3 Å². The van der Waals surface area contributed by atoms with E-state index in [0.29, 0.717) is 17.7 Å². The van der Waals surface area contributed by atoms with Crippen molar-refractivity contribution in [2.24, 2.45) is 0 Å². The van der Waals surface area contributed by atoms with Gasteiger partial charge in [0.2, 0.25) is 11.0 Å². The molecule has 0 fully saturated rings. The van der Waals surface area contributed by atoms with Crippen LogP contribution in [0.3, 0.4) is 0 Å². The zero-order valence-corrected chi connectivity index (χ0v) is 8.67. The van der Waals surface area contributed by atoms with E-state index in [2.05, 4.69) is 9.79 Å². The molecule has 0 saturated carbocycles. The maximum atomic E-state index is 11.5. The topological polar surface area (TPSA) is 79.3 Å². The van der Waals surface area contributed by atoms with Crippen LogP contribution in [0.15, 0.2) is 22.8 Å². The van der Waals surface area contributed by atoms with E-state index in [9.17, 15) is 10.0 Å². The Kier molecular flexibility index (Phi) is 2.72. The fourth-order valence-corrected chi connectivity index (χ4v) is 1.28. The van der Waals surface area contributed by atoms with Crippen LogP contribution in [0.4, 0.5) is 0 Å². The summed E-state index contributed by atoms with van der Waals surface area (Å²) >= 11 is 0. The minimum absolute atomic E-state index is 0.214. The van der Waals surface area contributed by atoms with Gasteiger partial charge in [-0.1, -0.05) is 6.92 Å². The van der Waals surface area contributed by atoms with E-state index in [1.165, 1.54) is 12.1 Å². The first-order valence-corrected chi connectivity index (χ1v) is 4.89. The number of esters is 1. The number of ether oxygens (including phenoxy) is 1. The smallest absolute Gasteiger partial charge is 0.338 e. The van der Waals surface area contributed by atoms with E-state index >= 15 is 0 Å². The van der Waals surface area contributed by atoms with E-state index in [4.69, 9.17) is 4.74 Å². The summed E-state index contributed by atoms with van der Waals surface area (Å²) in [6, 6.07) is 4.48. The van der Waals surface area contributed by atoms with Gasteiger partial charge < -0.3 is 9.94 Å². The summed E-state index contributed by atoms with van der Waals surface area (Å²) in [6.45, 7) is 2.26. The zero-order chi connectivity index (χ0) is 11.5. The highest BCUT2D eigenvalue weighted by atomic mass is 16.8. The van der Waals surface area contributed by atoms with Gasteiger partial charge in [0, 0.05) is 11.2 Å². The van der Waals surface area contributed by atoms with Crippen LogP contribution in [-0.4, -0.2) is 17.7 Å². The van der Waals surface area contributed by atoms with Crippen LogP contribution >= 0.6 is 0 Å². The lowest BCUT2D eigenvalue weighted by atomic mass is 10.2. The standard InChI is InChI=1S/C10H10N2O4/c1-2-5-15-10(13)7-3-4-8-9(6-7)12(14)16-11-8/h3-4,6H,2,5H2,1H3. The molecule has 0 aliphatic carbocycles. The van der Waals surface area contributed by atoms with Gasteiger partial charge in [-0.2, -0.15) is 0 Å². The molecular formula is C10H10N2O4. The van der Waals surface area contributed by atoms with Gasteiger partial charge in [0.15, 0.2) is 0 Å². The summed E-state index contributed by atoms with van der Waals surface area (Å²) in [5, 5.41) is 14.6. The maximum absolute atomic E-state index is 11.5. The average molecular weight is 222 g/mol. The predicted molar refractivity (Wildman–Crippen MR) is 53.5 cm³/mol. The van der Waals surface area contributed by atoms with Crippen molar-refractivity contribution in [3.63, 3.8) is 0 Å². The number of hydrogen-bond donors (Lipinski definition) is 0. The molecule has 1 heterocycles. The van der Waals surface area contributed by atoms with Crippen LogP contribution in [0, 0.1) is 5.21 Å². The molecule has 2 rings (SSSR count). The molecule has 1 aromatic heterocycles. The SMILES string of the molecule is CCCOC(=O)c1ccc2no[n+]([O-])c2c1. The monoisotopic (exact) mass is 222 g/mol. The highest BCUT2D eigenvalue weighted by Gasteiger charge is 2.14. The summed E-state index contributed by atoms with van der Waals surface area (Å²) in [5.41, 5.74) is 0.932. The van der Waals surface area contributed by atoms with Crippen molar-refractivity contribution in [1.29, 1.82) is 0 Å². The van der Waals surface area contributed by atoms with Gasteiger partial charge in [0.1, 0.15) is 0 Å². The molecular weight excluding hydrogens is 212 g/mol. The van der Waals surface area contributed by atoms with Crippen LogP contribution in [0.5, 0.6) is 0 Å². The fourth-order valence-electron chi connectivity index (χ4n) is 1.28. The van der Waals surface area contributed by atoms with Gasteiger partial charge in [0.25, 0.3) is 0 Å². The minimum atomic E-state index is -0.454. The predicted octanol–water partition coefficient (Wildman–Crippen LogP) is 1.03. The molecule has 0 bridgehead atoms. The Hall–Kier alpha value is -2.11. The molecule has 16 heavy (non-hydrogen) atoms. The molecule has 6 nitrogen and oxygen atoms in total. The average Bonchev–Trinajstić information content (AvgIpc) is 2.67. The molecule has 1 aromatic carbocycles. The zero-order valence-electron chi connectivity index (χ0n) is 8.67. The quantitative estimate of drug-likeness (QED) is 0.572. The van der Waals surface area contributed by atoms with Crippen LogP contribution in [0.25, 0.3) is 11.0 Å². The largest absolute Gasteiger partial charge is 0.462 e. The molecule has 0 aliphatic rings. The number of carbonyl (C=O) groups excluding carboxylic acids is 1. The van der Waals surface area contributed by atoms with Gasteiger partial charge in [-0.05, 0) is 23.5 Å². The number of benzene rings is 1. The van der Waals surface area contributed by atoms with Crippen molar-refractivity contribution < 1.29 is 19.1 Å². The van der Waals surface area contributed by atoms with Crippen molar-refractivity contribution in [1.82, 2.24) is 5.16 Å². The van der Waals surface area contributed by atoms with Crippen LogP contribution < -0.4 is 4.90 Å². The molecule has 0 radical (unpaired) electrons. The van der Waals surface area contributed by atoms with Crippen molar-refractivity contribution in [3.8, 4) is 0 Å². The second-order valence-corrected chi connectivity index (χ2v) is 3.27. The lowest BCUT2D eigenvalue weighted by Crippen LogP contribution is -2.22. The third-order valence-electron chi connectivity index (χ3n) is 2.06. The Labute approximate surface area is 90.9 Å². The number of hydrogen-bond acceptors (Lipinski definition) is 5. The molecule has 84 valence electrons. The van der Waals surface area contributed by atoms with E-state index in [-0.39, 0.29) is 10.4 Å². The summed E-state index contributed by atoms with van der Waals surface area (Å²) in [5.74, 6) is -0.454. The first-order valence-electron chi connectivity index (χ1n) is 4.89. The Bertz CT molecular complexity index is 521. The lowest BCUT2D eigenvalue weighted by Gasteiger charge is -2.01. The van der Waals surface area contributed by atoms with E-state index in [0.717, 1.165) is 6.42 Å². The Morgan fingerprint density at radius 1 is 1.62 bits per heavy atom. The summed E-state index contributed by atoms with van der Waals surface area (Å²) in [4.78, 5) is 11.8. The molecule has 0 unspecified atom stereocenters. The van der Waals surface area contributed by atoms with E-state index in [1.54, 1.807) is 6.07 Å². The fraction of sp³-hybridized carbons (Fsp3) is 0.300. The molecule has 0 atom stereocenters. The maximum Gasteiger partial charge on any atom is 0.338 e. The second-order valence-electron chi connectivity index (χ2n) is 3.27. The van der Waals surface area contributed by atoms with Crippen molar-refractivity contribution in [3.05, 3.63) is 29.0 Å². The summed E-state index contributed by atoms with van der Waals surface area (Å²) in [7, 11) is 0. The molecule has 6 heteroatoms. The third kappa shape index (κ3) is 1.81. The first-order chi connectivity index (χ1) is 7.72. The summed E-state index contributed by atoms with van der Waals surface area (Å²) in [6.07, 6.45) is 0.753. The molecule has 0 saturated heterocycles. The van der Waals surface area contributed by atoms with Crippen molar-refractivity contribution in [2.75, 3.05) is 6.61 Å².